The first-order chi connectivity index (χ1) is 10.2. The van der Waals surface area contributed by atoms with Crippen LogP contribution in [0.4, 0.5) is 0 Å². The number of aromatic nitrogens is 2. The molecule has 6 nitrogen and oxygen atoms in total. The quantitative estimate of drug-likeness (QED) is 0.592. The predicted octanol–water partition coefficient (Wildman–Crippen LogP) is 1.65. The lowest BCUT2D eigenvalue weighted by Gasteiger charge is -2.08. The van der Waals surface area contributed by atoms with Crippen LogP contribution in [0.3, 0.4) is 0 Å². The third-order valence-corrected chi connectivity index (χ3v) is 2.66. The van der Waals surface area contributed by atoms with E-state index in [9.17, 15) is 0 Å². The third kappa shape index (κ3) is 9.33. The van der Waals surface area contributed by atoms with Gasteiger partial charge >= 0.3 is 0 Å². The molecule has 120 valence electrons. The zero-order valence-corrected chi connectivity index (χ0v) is 13.3. The Bertz CT molecular complexity index is 358. The van der Waals surface area contributed by atoms with Crippen LogP contribution < -0.4 is 10.1 Å². The van der Waals surface area contributed by atoms with Crippen molar-refractivity contribution in [2.75, 3.05) is 40.1 Å². The van der Waals surface area contributed by atoms with Gasteiger partial charge in [0, 0.05) is 26.7 Å². The molecule has 0 bridgehead atoms. The number of ether oxygens (including phenoxy) is 3. The minimum Gasteiger partial charge on any atom is -0.476 e. The van der Waals surface area contributed by atoms with E-state index in [1.807, 2.05) is 0 Å². The number of nitrogens with one attached hydrogen (secondary N) is 1. The van der Waals surface area contributed by atoms with E-state index in [1.54, 1.807) is 19.5 Å². The van der Waals surface area contributed by atoms with Crippen LogP contribution in [0.5, 0.6) is 5.88 Å². The minimum atomic E-state index is 0.555. The number of nitrogens with zero attached hydrogens (tertiary/aromatic N) is 2. The van der Waals surface area contributed by atoms with E-state index >= 15 is 0 Å². The molecule has 1 aromatic rings. The van der Waals surface area contributed by atoms with Crippen LogP contribution in [0.1, 0.15) is 26.0 Å². The summed E-state index contributed by atoms with van der Waals surface area (Å²) < 4.78 is 15.7. The first-order valence-corrected chi connectivity index (χ1v) is 7.43. The fraction of sp³-hybridized carbons (Fsp3) is 0.733. The molecule has 21 heavy (non-hydrogen) atoms. The number of methoxy groups -OCH3 is 1. The second-order valence-corrected chi connectivity index (χ2v) is 5.18. The fourth-order valence-electron chi connectivity index (χ4n) is 1.58. The SMILES string of the molecule is COCCOCCCOc1cnc(CNCC(C)C)cn1. The van der Waals surface area contributed by atoms with E-state index in [1.165, 1.54) is 0 Å². The highest BCUT2D eigenvalue weighted by Crippen LogP contribution is 2.04. The first-order valence-electron chi connectivity index (χ1n) is 7.43. The molecule has 0 aromatic carbocycles. The van der Waals surface area contributed by atoms with Crippen LogP contribution in [0.25, 0.3) is 0 Å². The largest absolute Gasteiger partial charge is 0.476 e. The molecule has 0 spiro atoms. The molecule has 0 saturated heterocycles. The molecule has 1 heterocycles. The normalized spacial score (nSPS) is 11.0. The second-order valence-electron chi connectivity index (χ2n) is 5.18. The van der Waals surface area contributed by atoms with Gasteiger partial charge in [-0.1, -0.05) is 13.8 Å². The van der Waals surface area contributed by atoms with Crippen molar-refractivity contribution in [3.05, 3.63) is 18.1 Å². The van der Waals surface area contributed by atoms with Gasteiger partial charge in [0.15, 0.2) is 0 Å². The van der Waals surface area contributed by atoms with Crippen molar-refractivity contribution in [3.63, 3.8) is 0 Å². The molecule has 6 heteroatoms. The third-order valence-electron chi connectivity index (χ3n) is 2.66. The number of hydrogen-bond donors (Lipinski definition) is 1. The van der Waals surface area contributed by atoms with E-state index in [0.29, 0.717) is 38.2 Å². The van der Waals surface area contributed by atoms with Gasteiger partial charge in [-0.25, -0.2) is 4.98 Å². The van der Waals surface area contributed by atoms with Crippen LogP contribution in [0, 0.1) is 5.92 Å². The maximum Gasteiger partial charge on any atom is 0.232 e. The zero-order chi connectivity index (χ0) is 15.3. The average Bonchev–Trinajstić information content (AvgIpc) is 2.47. The summed E-state index contributed by atoms with van der Waals surface area (Å²) >= 11 is 0. The van der Waals surface area contributed by atoms with E-state index < -0.39 is 0 Å². The van der Waals surface area contributed by atoms with Crippen LogP contribution in [0.15, 0.2) is 12.4 Å². The fourth-order valence-corrected chi connectivity index (χ4v) is 1.58. The Morgan fingerprint density at radius 2 is 1.95 bits per heavy atom. The Hall–Kier alpha value is -1.24. The Morgan fingerprint density at radius 3 is 2.62 bits per heavy atom. The van der Waals surface area contributed by atoms with E-state index in [0.717, 1.165) is 25.2 Å². The first kappa shape index (κ1) is 17.8. The van der Waals surface area contributed by atoms with Gasteiger partial charge in [-0.2, -0.15) is 0 Å². The maximum absolute atomic E-state index is 5.50. The number of rotatable bonds is 12. The highest BCUT2D eigenvalue weighted by atomic mass is 16.5. The maximum atomic E-state index is 5.50. The Morgan fingerprint density at radius 1 is 1.10 bits per heavy atom. The number of hydrogen-bond acceptors (Lipinski definition) is 6. The predicted molar refractivity (Wildman–Crippen MR) is 81.4 cm³/mol. The van der Waals surface area contributed by atoms with Crippen LogP contribution in [-0.2, 0) is 16.0 Å². The summed E-state index contributed by atoms with van der Waals surface area (Å²) in [5.74, 6) is 1.19. The molecule has 0 aliphatic heterocycles. The molecule has 0 radical (unpaired) electrons. The minimum absolute atomic E-state index is 0.555. The van der Waals surface area contributed by atoms with Gasteiger partial charge in [0.05, 0.1) is 37.9 Å². The molecular formula is C15H27N3O3. The van der Waals surface area contributed by atoms with Crippen molar-refractivity contribution in [2.24, 2.45) is 5.92 Å². The van der Waals surface area contributed by atoms with Crippen molar-refractivity contribution >= 4 is 0 Å². The second kappa shape index (κ2) is 11.4. The molecule has 1 N–H and O–H groups in total. The standard InChI is InChI=1S/C15H27N3O3/c1-13(2)9-16-10-14-11-18-15(12-17-14)21-6-4-5-20-8-7-19-3/h11-13,16H,4-10H2,1-3H3. The lowest BCUT2D eigenvalue weighted by atomic mass is 10.2. The lowest BCUT2D eigenvalue weighted by Crippen LogP contribution is -2.19. The molecule has 0 aliphatic rings. The summed E-state index contributed by atoms with van der Waals surface area (Å²) in [6.07, 6.45) is 4.24. The highest BCUT2D eigenvalue weighted by molar-refractivity contribution is 5.07. The van der Waals surface area contributed by atoms with Gasteiger partial charge in [-0.05, 0) is 12.5 Å². The van der Waals surface area contributed by atoms with Crippen molar-refractivity contribution in [2.45, 2.75) is 26.8 Å². The molecule has 0 aliphatic carbocycles. The molecule has 0 saturated carbocycles. The van der Waals surface area contributed by atoms with Gasteiger partial charge in [0.25, 0.3) is 0 Å². The summed E-state index contributed by atoms with van der Waals surface area (Å²) in [5, 5.41) is 3.33. The van der Waals surface area contributed by atoms with Gasteiger partial charge in [-0.15, -0.1) is 0 Å². The van der Waals surface area contributed by atoms with Gasteiger partial charge < -0.3 is 19.5 Å². The zero-order valence-electron chi connectivity index (χ0n) is 13.3. The van der Waals surface area contributed by atoms with Crippen molar-refractivity contribution in [3.8, 4) is 5.88 Å². The molecule has 1 aromatic heterocycles. The van der Waals surface area contributed by atoms with Gasteiger partial charge in [0.1, 0.15) is 0 Å². The Balaban J connectivity index is 2.10. The molecule has 0 fully saturated rings. The Kier molecular flexibility index (Phi) is 9.69. The van der Waals surface area contributed by atoms with E-state index in [2.05, 4.69) is 29.1 Å². The van der Waals surface area contributed by atoms with Crippen LogP contribution in [-0.4, -0.2) is 50.1 Å². The molecule has 0 unspecified atom stereocenters. The van der Waals surface area contributed by atoms with Crippen molar-refractivity contribution in [1.82, 2.24) is 15.3 Å². The van der Waals surface area contributed by atoms with E-state index in [4.69, 9.17) is 14.2 Å². The summed E-state index contributed by atoms with van der Waals surface area (Å²) in [6, 6.07) is 0. The van der Waals surface area contributed by atoms with Gasteiger partial charge in [0.2, 0.25) is 5.88 Å². The molecular weight excluding hydrogens is 270 g/mol. The average molecular weight is 297 g/mol. The summed E-state index contributed by atoms with van der Waals surface area (Å²) in [5.41, 5.74) is 0.922. The monoisotopic (exact) mass is 297 g/mol. The van der Waals surface area contributed by atoms with Crippen molar-refractivity contribution < 1.29 is 14.2 Å². The molecule has 0 amide bonds. The topological polar surface area (TPSA) is 65.5 Å². The highest BCUT2D eigenvalue weighted by Gasteiger charge is 2.00. The summed E-state index contributed by atoms with van der Waals surface area (Å²) in [7, 11) is 1.66. The van der Waals surface area contributed by atoms with Crippen molar-refractivity contribution in [1.29, 1.82) is 0 Å². The molecule has 0 atom stereocenters. The van der Waals surface area contributed by atoms with Crippen LogP contribution in [0.2, 0.25) is 0 Å². The lowest BCUT2D eigenvalue weighted by molar-refractivity contribution is 0.0642. The van der Waals surface area contributed by atoms with Crippen LogP contribution >= 0.6 is 0 Å². The smallest absolute Gasteiger partial charge is 0.232 e. The van der Waals surface area contributed by atoms with Gasteiger partial charge in [-0.3, -0.25) is 4.98 Å². The molecule has 1 rings (SSSR count). The summed E-state index contributed by atoms with van der Waals surface area (Å²) in [4.78, 5) is 8.56. The Labute approximate surface area is 127 Å². The summed E-state index contributed by atoms with van der Waals surface area (Å²) in [6.45, 7) is 8.54. The van der Waals surface area contributed by atoms with E-state index in [-0.39, 0.29) is 0 Å².